The summed E-state index contributed by atoms with van der Waals surface area (Å²) in [7, 11) is 0. The van der Waals surface area contributed by atoms with Crippen LogP contribution in [0.1, 0.15) is 51.1 Å². The van der Waals surface area contributed by atoms with Crippen LogP contribution in [0.15, 0.2) is 24.3 Å². The maximum absolute atomic E-state index is 10.00. The summed E-state index contributed by atoms with van der Waals surface area (Å²) in [6.45, 7) is 7.98. The molecule has 0 spiro atoms. The van der Waals surface area contributed by atoms with Crippen LogP contribution in [-0.4, -0.2) is 35.7 Å². The van der Waals surface area contributed by atoms with Gasteiger partial charge in [0.25, 0.3) is 0 Å². The third-order valence-electron chi connectivity index (χ3n) is 4.19. The lowest BCUT2D eigenvalue weighted by Crippen LogP contribution is -2.42. The van der Waals surface area contributed by atoms with Crippen LogP contribution in [0.4, 0.5) is 0 Å². The molecule has 1 saturated heterocycles. The summed E-state index contributed by atoms with van der Waals surface area (Å²) in [5.74, 6) is 0.400. The third-order valence-corrected chi connectivity index (χ3v) is 4.19. The SMILES string of the molecule is CCC(NC(C)CN1CCCCC1)c1ccccc1O. The second-order valence-electron chi connectivity index (χ2n) is 5.95. The standard InChI is InChI=1S/C17H28N2O/c1-3-16(15-9-5-6-10-17(15)20)18-14(2)13-19-11-7-4-8-12-19/h5-6,9-10,14,16,18,20H,3-4,7-8,11-13H2,1-2H3. The number of benzene rings is 1. The fourth-order valence-corrected chi connectivity index (χ4v) is 3.14. The number of aromatic hydroxyl groups is 1. The van der Waals surface area contributed by atoms with Crippen molar-refractivity contribution in [2.45, 2.75) is 51.6 Å². The zero-order chi connectivity index (χ0) is 14.4. The molecular formula is C17H28N2O. The average molecular weight is 276 g/mol. The van der Waals surface area contributed by atoms with Gasteiger partial charge in [0, 0.05) is 24.2 Å². The normalized spacial score (nSPS) is 19.7. The van der Waals surface area contributed by atoms with Crippen molar-refractivity contribution >= 4 is 0 Å². The van der Waals surface area contributed by atoms with Crippen LogP contribution < -0.4 is 5.32 Å². The van der Waals surface area contributed by atoms with Gasteiger partial charge >= 0.3 is 0 Å². The highest BCUT2D eigenvalue weighted by atomic mass is 16.3. The van der Waals surface area contributed by atoms with Crippen molar-refractivity contribution in [3.8, 4) is 5.75 Å². The molecule has 2 unspecified atom stereocenters. The lowest BCUT2D eigenvalue weighted by molar-refractivity contribution is 0.203. The van der Waals surface area contributed by atoms with Crippen molar-refractivity contribution in [3.63, 3.8) is 0 Å². The van der Waals surface area contributed by atoms with Crippen LogP contribution in [0.3, 0.4) is 0 Å². The highest BCUT2D eigenvalue weighted by Crippen LogP contribution is 2.26. The Kier molecular flexibility index (Phi) is 5.86. The Morgan fingerprint density at radius 1 is 1.20 bits per heavy atom. The van der Waals surface area contributed by atoms with Gasteiger partial charge < -0.3 is 15.3 Å². The number of piperidine rings is 1. The number of para-hydroxylation sites is 1. The molecule has 3 nitrogen and oxygen atoms in total. The minimum atomic E-state index is 0.232. The minimum Gasteiger partial charge on any atom is -0.508 e. The number of hydrogen-bond acceptors (Lipinski definition) is 3. The molecule has 2 N–H and O–H groups in total. The maximum Gasteiger partial charge on any atom is 0.120 e. The molecule has 1 aliphatic rings. The molecule has 112 valence electrons. The lowest BCUT2D eigenvalue weighted by atomic mass is 10.0. The van der Waals surface area contributed by atoms with Gasteiger partial charge in [-0.2, -0.15) is 0 Å². The quantitative estimate of drug-likeness (QED) is 0.837. The van der Waals surface area contributed by atoms with Crippen LogP contribution in [0, 0.1) is 0 Å². The average Bonchev–Trinajstić information content (AvgIpc) is 2.46. The Morgan fingerprint density at radius 3 is 2.55 bits per heavy atom. The van der Waals surface area contributed by atoms with E-state index in [-0.39, 0.29) is 6.04 Å². The van der Waals surface area contributed by atoms with Gasteiger partial charge in [-0.1, -0.05) is 31.5 Å². The van der Waals surface area contributed by atoms with Gasteiger partial charge in [-0.15, -0.1) is 0 Å². The number of nitrogens with zero attached hydrogens (tertiary/aromatic N) is 1. The van der Waals surface area contributed by atoms with E-state index in [1.807, 2.05) is 18.2 Å². The van der Waals surface area contributed by atoms with Gasteiger partial charge in [-0.05, 0) is 45.3 Å². The molecule has 1 aliphatic heterocycles. The Hall–Kier alpha value is -1.06. The van der Waals surface area contributed by atoms with Crippen molar-refractivity contribution in [3.05, 3.63) is 29.8 Å². The maximum atomic E-state index is 10.00. The molecule has 20 heavy (non-hydrogen) atoms. The number of phenols is 1. The van der Waals surface area contributed by atoms with E-state index >= 15 is 0 Å². The van der Waals surface area contributed by atoms with Gasteiger partial charge in [0.05, 0.1) is 0 Å². The molecule has 1 aromatic rings. The first-order valence-corrected chi connectivity index (χ1v) is 7.97. The summed E-state index contributed by atoms with van der Waals surface area (Å²) >= 11 is 0. The number of phenolic OH excluding ortho intramolecular Hbond substituents is 1. The summed E-state index contributed by atoms with van der Waals surface area (Å²) in [6.07, 6.45) is 5.04. The Morgan fingerprint density at radius 2 is 1.90 bits per heavy atom. The third kappa shape index (κ3) is 4.22. The molecule has 0 radical (unpaired) electrons. The molecule has 0 aliphatic carbocycles. The van der Waals surface area contributed by atoms with E-state index in [1.54, 1.807) is 6.07 Å². The van der Waals surface area contributed by atoms with Gasteiger partial charge in [0.1, 0.15) is 5.75 Å². The molecule has 1 fully saturated rings. The first-order valence-electron chi connectivity index (χ1n) is 7.97. The van der Waals surface area contributed by atoms with Crippen molar-refractivity contribution in [2.75, 3.05) is 19.6 Å². The van der Waals surface area contributed by atoms with Crippen LogP contribution in [-0.2, 0) is 0 Å². The molecule has 0 aromatic heterocycles. The Balaban J connectivity index is 1.90. The van der Waals surface area contributed by atoms with E-state index in [0.717, 1.165) is 18.5 Å². The molecule has 2 atom stereocenters. The zero-order valence-corrected chi connectivity index (χ0v) is 12.8. The Labute approximate surface area is 123 Å². The summed E-state index contributed by atoms with van der Waals surface area (Å²) in [6, 6.07) is 8.34. The molecule has 0 bridgehead atoms. The second kappa shape index (κ2) is 7.65. The topological polar surface area (TPSA) is 35.5 Å². The van der Waals surface area contributed by atoms with Crippen LogP contribution >= 0.6 is 0 Å². The molecule has 1 aromatic carbocycles. The van der Waals surface area contributed by atoms with Crippen molar-refractivity contribution in [1.29, 1.82) is 0 Å². The zero-order valence-electron chi connectivity index (χ0n) is 12.8. The van der Waals surface area contributed by atoms with E-state index in [2.05, 4.69) is 24.1 Å². The summed E-state index contributed by atoms with van der Waals surface area (Å²) < 4.78 is 0. The predicted molar refractivity (Wildman–Crippen MR) is 84.0 cm³/mol. The van der Waals surface area contributed by atoms with Gasteiger partial charge in [-0.25, -0.2) is 0 Å². The van der Waals surface area contributed by atoms with Crippen molar-refractivity contribution < 1.29 is 5.11 Å². The van der Waals surface area contributed by atoms with Crippen LogP contribution in [0.2, 0.25) is 0 Å². The Bertz CT molecular complexity index is 402. The number of likely N-dealkylation sites (tertiary alicyclic amines) is 1. The van der Waals surface area contributed by atoms with E-state index < -0.39 is 0 Å². The summed E-state index contributed by atoms with van der Waals surface area (Å²) in [5.41, 5.74) is 1.01. The van der Waals surface area contributed by atoms with Gasteiger partial charge in [0.2, 0.25) is 0 Å². The van der Waals surface area contributed by atoms with Crippen molar-refractivity contribution in [2.24, 2.45) is 0 Å². The van der Waals surface area contributed by atoms with E-state index in [4.69, 9.17) is 0 Å². The number of rotatable bonds is 6. The van der Waals surface area contributed by atoms with E-state index in [0.29, 0.717) is 11.8 Å². The first-order chi connectivity index (χ1) is 9.70. The molecule has 0 amide bonds. The largest absolute Gasteiger partial charge is 0.508 e. The molecule has 3 heteroatoms. The minimum absolute atomic E-state index is 0.232. The molecule has 2 rings (SSSR count). The smallest absolute Gasteiger partial charge is 0.120 e. The lowest BCUT2D eigenvalue weighted by Gasteiger charge is -2.31. The highest BCUT2D eigenvalue weighted by molar-refractivity contribution is 5.34. The monoisotopic (exact) mass is 276 g/mol. The summed E-state index contributed by atoms with van der Waals surface area (Å²) in [5, 5.41) is 13.7. The predicted octanol–water partition coefficient (Wildman–Crippen LogP) is 3.31. The van der Waals surface area contributed by atoms with Gasteiger partial charge in [0.15, 0.2) is 0 Å². The number of nitrogens with one attached hydrogen (secondary N) is 1. The molecule has 1 heterocycles. The van der Waals surface area contributed by atoms with E-state index in [9.17, 15) is 5.11 Å². The fourth-order valence-electron chi connectivity index (χ4n) is 3.14. The molecule has 0 saturated carbocycles. The summed E-state index contributed by atoms with van der Waals surface area (Å²) in [4.78, 5) is 2.55. The fraction of sp³-hybridized carbons (Fsp3) is 0.647. The second-order valence-corrected chi connectivity index (χ2v) is 5.95. The van der Waals surface area contributed by atoms with Crippen molar-refractivity contribution in [1.82, 2.24) is 10.2 Å². The first kappa shape index (κ1) is 15.3. The number of hydrogen-bond donors (Lipinski definition) is 2. The molecular weight excluding hydrogens is 248 g/mol. The van der Waals surface area contributed by atoms with Gasteiger partial charge in [-0.3, -0.25) is 0 Å². The van der Waals surface area contributed by atoms with E-state index in [1.165, 1.54) is 32.4 Å². The van der Waals surface area contributed by atoms with Crippen LogP contribution in [0.25, 0.3) is 0 Å². The highest BCUT2D eigenvalue weighted by Gasteiger charge is 2.18. The van der Waals surface area contributed by atoms with Crippen LogP contribution in [0.5, 0.6) is 5.75 Å².